The van der Waals surface area contributed by atoms with Gasteiger partial charge >= 0.3 is 0 Å². The van der Waals surface area contributed by atoms with E-state index in [4.69, 9.17) is 27.9 Å². The van der Waals surface area contributed by atoms with Gasteiger partial charge in [0.1, 0.15) is 16.5 Å². The van der Waals surface area contributed by atoms with Crippen LogP contribution in [0.1, 0.15) is 37.3 Å². The highest BCUT2D eigenvalue weighted by molar-refractivity contribution is 6.35. The van der Waals surface area contributed by atoms with Crippen LogP contribution in [0, 0.1) is 11.8 Å². The van der Waals surface area contributed by atoms with E-state index < -0.39 is 0 Å². The van der Waals surface area contributed by atoms with E-state index in [2.05, 4.69) is 4.98 Å². The highest BCUT2D eigenvalue weighted by Crippen LogP contribution is 2.46. The summed E-state index contributed by atoms with van der Waals surface area (Å²) in [5.41, 5.74) is 2.18. The normalized spacial score (nSPS) is 21.7. The predicted octanol–water partition coefficient (Wildman–Crippen LogP) is 6.01. The third kappa shape index (κ3) is 3.32. The Kier molecular flexibility index (Phi) is 4.87. The van der Waals surface area contributed by atoms with Crippen molar-refractivity contribution in [2.75, 3.05) is 0 Å². The van der Waals surface area contributed by atoms with E-state index >= 15 is 0 Å². The van der Waals surface area contributed by atoms with Gasteiger partial charge in [-0.3, -0.25) is 4.79 Å². The smallest absolute Gasteiger partial charge is 0.238 e. The molecular formula is C21H19Cl2NO3. The quantitative estimate of drug-likeness (QED) is 0.678. The predicted molar refractivity (Wildman–Crippen MR) is 106 cm³/mol. The molecule has 0 aliphatic heterocycles. The number of aryl methyl sites for hydroxylation is 1. The first kappa shape index (κ1) is 18.3. The number of halogens is 2. The zero-order chi connectivity index (χ0) is 19.1. The summed E-state index contributed by atoms with van der Waals surface area (Å²) in [4.78, 5) is 17.0. The van der Waals surface area contributed by atoms with Crippen LogP contribution in [0.5, 0.6) is 11.6 Å². The van der Waals surface area contributed by atoms with E-state index in [-0.39, 0.29) is 29.3 Å². The van der Waals surface area contributed by atoms with Gasteiger partial charge in [-0.2, -0.15) is 0 Å². The van der Waals surface area contributed by atoms with Crippen LogP contribution < -0.4 is 4.74 Å². The van der Waals surface area contributed by atoms with Gasteiger partial charge in [0.2, 0.25) is 5.88 Å². The molecule has 0 spiro atoms. The molecule has 1 saturated carbocycles. The number of allylic oxidation sites excluding steroid dienone is 2. The van der Waals surface area contributed by atoms with Gasteiger partial charge in [0, 0.05) is 18.0 Å². The summed E-state index contributed by atoms with van der Waals surface area (Å²) < 4.78 is 5.82. The van der Waals surface area contributed by atoms with Crippen molar-refractivity contribution in [2.24, 2.45) is 11.8 Å². The summed E-state index contributed by atoms with van der Waals surface area (Å²) >= 11 is 12.0. The molecule has 1 aromatic carbocycles. The number of hydrogen-bond donors (Lipinski definition) is 1. The molecule has 2 aromatic rings. The molecule has 2 bridgehead atoms. The lowest BCUT2D eigenvalue weighted by molar-refractivity contribution is -0.117. The van der Waals surface area contributed by atoms with Crippen molar-refractivity contribution in [2.45, 2.75) is 32.6 Å². The lowest BCUT2D eigenvalue weighted by Gasteiger charge is -2.23. The van der Waals surface area contributed by atoms with Crippen LogP contribution >= 0.6 is 23.2 Å². The molecule has 27 heavy (non-hydrogen) atoms. The number of aliphatic hydroxyl groups is 1. The molecule has 0 saturated heterocycles. The van der Waals surface area contributed by atoms with Gasteiger partial charge in [0.15, 0.2) is 5.78 Å². The van der Waals surface area contributed by atoms with E-state index in [9.17, 15) is 9.90 Å². The molecule has 4 rings (SSSR count). The Morgan fingerprint density at radius 2 is 2.00 bits per heavy atom. The van der Waals surface area contributed by atoms with Crippen LogP contribution in [-0.4, -0.2) is 15.9 Å². The summed E-state index contributed by atoms with van der Waals surface area (Å²) in [6.07, 6.45) is 4.68. The van der Waals surface area contributed by atoms with E-state index in [0.717, 1.165) is 36.8 Å². The summed E-state index contributed by atoms with van der Waals surface area (Å²) in [6, 6.07) is 7.08. The highest BCUT2D eigenvalue weighted by atomic mass is 35.5. The molecule has 2 aliphatic rings. The van der Waals surface area contributed by atoms with Crippen LogP contribution in [0.2, 0.25) is 10.0 Å². The topological polar surface area (TPSA) is 59.4 Å². The summed E-state index contributed by atoms with van der Waals surface area (Å²) in [7, 11) is 0. The summed E-state index contributed by atoms with van der Waals surface area (Å²) in [6.45, 7) is 2.02. The molecule has 0 amide bonds. The lowest BCUT2D eigenvalue weighted by Crippen LogP contribution is -2.21. The maximum absolute atomic E-state index is 12.9. The number of benzene rings is 1. The molecule has 140 valence electrons. The van der Waals surface area contributed by atoms with E-state index in [0.29, 0.717) is 21.4 Å². The fourth-order valence-electron chi connectivity index (χ4n) is 4.02. The number of aliphatic hydroxyl groups excluding tert-OH is 1. The van der Waals surface area contributed by atoms with Gasteiger partial charge in [0.25, 0.3) is 0 Å². The van der Waals surface area contributed by atoms with Crippen LogP contribution in [-0.2, 0) is 11.2 Å². The van der Waals surface area contributed by atoms with E-state index in [1.807, 2.05) is 19.1 Å². The van der Waals surface area contributed by atoms with Gasteiger partial charge in [-0.15, -0.1) is 0 Å². The Balaban J connectivity index is 1.76. The Morgan fingerprint density at radius 1 is 1.22 bits per heavy atom. The average molecular weight is 404 g/mol. The third-order valence-corrected chi connectivity index (χ3v) is 5.89. The molecule has 1 fully saturated rings. The molecule has 1 N–H and O–H groups in total. The monoisotopic (exact) mass is 403 g/mol. The van der Waals surface area contributed by atoms with Crippen molar-refractivity contribution in [3.05, 3.63) is 57.4 Å². The first-order valence-corrected chi connectivity index (χ1v) is 9.83. The number of pyridine rings is 1. The Morgan fingerprint density at radius 3 is 2.74 bits per heavy atom. The number of hydrogen-bond acceptors (Lipinski definition) is 4. The summed E-state index contributed by atoms with van der Waals surface area (Å²) in [5, 5.41) is 11.5. The minimum absolute atomic E-state index is 0.0163. The molecule has 2 atom stereocenters. The SMILES string of the molecule is CCc1ccc(Oc2ncc(Cl)cc2Cl)cc1C1=C(O)[C@@H]2CC[C@@H](C2)C1=O. The molecule has 6 heteroatoms. The van der Waals surface area contributed by atoms with E-state index in [1.165, 1.54) is 6.20 Å². The van der Waals surface area contributed by atoms with Crippen LogP contribution in [0.25, 0.3) is 5.57 Å². The molecule has 1 heterocycles. The molecule has 4 nitrogen and oxygen atoms in total. The van der Waals surface area contributed by atoms with Crippen LogP contribution in [0.15, 0.2) is 36.2 Å². The second-order valence-electron chi connectivity index (χ2n) is 7.05. The van der Waals surface area contributed by atoms with Gasteiger partial charge < -0.3 is 9.84 Å². The number of carbonyl (C=O) groups is 1. The Hall–Kier alpha value is -2.04. The highest BCUT2D eigenvalue weighted by Gasteiger charge is 2.41. The van der Waals surface area contributed by atoms with Gasteiger partial charge in [-0.25, -0.2) is 4.98 Å². The Labute approximate surface area is 167 Å². The van der Waals surface area contributed by atoms with Crippen LogP contribution in [0.3, 0.4) is 0 Å². The van der Waals surface area contributed by atoms with Gasteiger partial charge in [-0.1, -0.05) is 36.2 Å². The maximum Gasteiger partial charge on any atom is 0.238 e. The van der Waals surface area contributed by atoms with Gasteiger partial charge in [0.05, 0.1) is 10.6 Å². The first-order chi connectivity index (χ1) is 13.0. The van der Waals surface area contributed by atoms with Crippen molar-refractivity contribution in [1.29, 1.82) is 0 Å². The first-order valence-electron chi connectivity index (χ1n) is 9.07. The Bertz CT molecular complexity index is 954. The number of fused-ring (bicyclic) bond motifs is 2. The maximum atomic E-state index is 12.9. The lowest BCUT2D eigenvalue weighted by atomic mass is 9.81. The fraction of sp³-hybridized carbons (Fsp3) is 0.333. The summed E-state index contributed by atoms with van der Waals surface area (Å²) in [5.74, 6) is 1.11. The largest absolute Gasteiger partial charge is 0.511 e. The minimum atomic E-state index is 0.0163. The number of rotatable bonds is 4. The van der Waals surface area contributed by atoms with Crippen LogP contribution in [0.4, 0.5) is 0 Å². The molecule has 2 aliphatic carbocycles. The zero-order valence-corrected chi connectivity index (χ0v) is 16.3. The molecule has 0 unspecified atom stereocenters. The number of nitrogens with zero attached hydrogens (tertiary/aromatic N) is 1. The number of Topliss-reactive ketones (excluding diaryl/α,β-unsaturated/α-hetero) is 1. The second-order valence-corrected chi connectivity index (χ2v) is 7.89. The molecular weight excluding hydrogens is 385 g/mol. The van der Waals surface area contributed by atoms with E-state index in [1.54, 1.807) is 12.1 Å². The number of ether oxygens (including phenoxy) is 1. The fourth-order valence-corrected chi connectivity index (χ4v) is 4.44. The number of aromatic nitrogens is 1. The number of carbonyl (C=O) groups excluding carboxylic acids is 1. The zero-order valence-electron chi connectivity index (χ0n) is 14.8. The standard InChI is InChI=1S/C21H19Cl2NO3/c1-2-11-5-6-15(27-21-17(23)8-14(22)10-24-21)9-16(11)18-19(25)12-3-4-13(7-12)20(18)26/h5-6,8-10,12-13,25H,2-4,7H2,1H3/t12-,13+/m1/s1. The van der Waals surface area contributed by atoms with Crippen molar-refractivity contribution in [1.82, 2.24) is 4.98 Å². The third-order valence-electron chi connectivity index (χ3n) is 5.41. The van der Waals surface area contributed by atoms with Crippen molar-refractivity contribution < 1.29 is 14.6 Å². The molecule has 1 aromatic heterocycles. The number of ketones is 1. The average Bonchev–Trinajstić information content (AvgIpc) is 3.10. The van der Waals surface area contributed by atoms with Crippen molar-refractivity contribution in [3.63, 3.8) is 0 Å². The molecule has 0 radical (unpaired) electrons. The van der Waals surface area contributed by atoms with Gasteiger partial charge in [-0.05, 0) is 55.0 Å². The van der Waals surface area contributed by atoms with Crippen molar-refractivity contribution >= 4 is 34.6 Å². The second kappa shape index (κ2) is 7.17. The van der Waals surface area contributed by atoms with Crippen molar-refractivity contribution in [3.8, 4) is 11.6 Å². The minimum Gasteiger partial charge on any atom is -0.511 e.